The van der Waals surface area contributed by atoms with E-state index in [0.717, 1.165) is 36.5 Å². The van der Waals surface area contributed by atoms with Crippen LogP contribution in [-0.2, 0) is 0 Å². The molecule has 3 aromatic rings. The second-order valence-corrected chi connectivity index (χ2v) is 9.03. The van der Waals surface area contributed by atoms with E-state index < -0.39 is 6.10 Å². The van der Waals surface area contributed by atoms with Crippen LogP contribution in [0.1, 0.15) is 22.8 Å². The maximum atomic E-state index is 12.6. The molecule has 5 nitrogen and oxygen atoms in total. The summed E-state index contributed by atoms with van der Waals surface area (Å²) in [5, 5.41) is 20.5. The Hall–Kier alpha value is -3.22. The molecule has 0 spiro atoms. The Balaban J connectivity index is 1.38. The molecule has 7 heteroatoms. The SMILES string of the molecule is Oc1cccc(C2=C(Cl)c3cc(O)ccc3O[C@@H]2c2ccc(OCCN3CC(CF)C3)cc2)c1. The van der Waals surface area contributed by atoms with Crippen molar-refractivity contribution in [2.75, 3.05) is 32.9 Å². The number of phenols is 2. The molecule has 176 valence electrons. The molecule has 0 amide bonds. The monoisotopic (exact) mass is 481 g/mol. The number of fused-ring (bicyclic) bond motifs is 1. The summed E-state index contributed by atoms with van der Waals surface area (Å²) in [6.07, 6.45) is -0.515. The third-order valence-electron chi connectivity index (χ3n) is 6.21. The lowest BCUT2D eigenvalue weighted by Crippen LogP contribution is -2.49. The van der Waals surface area contributed by atoms with Crippen LogP contribution in [0.5, 0.6) is 23.0 Å². The smallest absolute Gasteiger partial charge is 0.151 e. The lowest BCUT2D eigenvalue weighted by Gasteiger charge is -2.37. The molecule has 2 N–H and O–H groups in total. The summed E-state index contributed by atoms with van der Waals surface area (Å²) in [6.45, 7) is 2.64. The maximum Gasteiger partial charge on any atom is 0.151 e. The zero-order chi connectivity index (χ0) is 23.7. The lowest BCUT2D eigenvalue weighted by molar-refractivity contribution is 0.0668. The predicted molar refractivity (Wildman–Crippen MR) is 130 cm³/mol. The van der Waals surface area contributed by atoms with Crippen molar-refractivity contribution < 1.29 is 24.1 Å². The Bertz CT molecular complexity index is 1210. The molecule has 3 aromatic carbocycles. The van der Waals surface area contributed by atoms with Gasteiger partial charge in [0.1, 0.15) is 29.6 Å². The Kier molecular flexibility index (Phi) is 6.35. The van der Waals surface area contributed by atoms with Gasteiger partial charge in [-0.2, -0.15) is 0 Å². The number of rotatable bonds is 7. The van der Waals surface area contributed by atoms with Crippen LogP contribution in [-0.4, -0.2) is 48.0 Å². The van der Waals surface area contributed by atoms with E-state index >= 15 is 0 Å². The van der Waals surface area contributed by atoms with E-state index in [-0.39, 0.29) is 24.1 Å². The standard InChI is InChI=1S/C27H25ClFNO4/c28-26-23-13-21(32)6-9-24(23)34-27(25(26)19-2-1-3-20(31)12-19)18-4-7-22(8-5-18)33-11-10-30-15-17(14-29)16-30/h1-9,12-13,17,27,31-32H,10-11,14-16H2/t27-/m1/s1. The van der Waals surface area contributed by atoms with Gasteiger partial charge in [-0.1, -0.05) is 35.9 Å². The van der Waals surface area contributed by atoms with E-state index in [0.29, 0.717) is 28.5 Å². The van der Waals surface area contributed by atoms with Gasteiger partial charge >= 0.3 is 0 Å². The summed E-state index contributed by atoms with van der Waals surface area (Å²) in [5.41, 5.74) is 2.89. The minimum atomic E-state index is -0.515. The van der Waals surface area contributed by atoms with Gasteiger partial charge in [-0.15, -0.1) is 0 Å². The molecule has 0 unspecified atom stereocenters. The minimum Gasteiger partial charge on any atom is -0.508 e. The van der Waals surface area contributed by atoms with Crippen molar-refractivity contribution in [1.82, 2.24) is 4.90 Å². The summed E-state index contributed by atoms with van der Waals surface area (Å²) in [7, 11) is 0. The zero-order valence-electron chi connectivity index (χ0n) is 18.5. The fraction of sp³-hybridized carbons (Fsp3) is 0.259. The van der Waals surface area contributed by atoms with E-state index in [1.54, 1.807) is 36.4 Å². The van der Waals surface area contributed by atoms with E-state index in [1.165, 1.54) is 0 Å². The molecule has 0 aromatic heterocycles. The molecule has 1 saturated heterocycles. The predicted octanol–water partition coefficient (Wildman–Crippen LogP) is 5.62. The largest absolute Gasteiger partial charge is 0.508 e. The maximum absolute atomic E-state index is 12.6. The van der Waals surface area contributed by atoms with Gasteiger partial charge in [0.15, 0.2) is 6.10 Å². The van der Waals surface area contributed by atoms with Crippen LogP contribution in [0.2, 0.25) is 0 Å². The summed E-state index contributed by atoms with van der Waals surface area (Å²) < 4.78 is 24.8. The van der Waals surface area contributed by atoms with E-state index in [2.05, 4.69) is 4.90 Å². The highest BCUT2D eigenvalue weighted by molar-refractivity contribution is 6.53. The number of phenolic OH excluding ortho intramolecular Hbond substituents is 2. The molecular formula is C27H25ClFNO4. The fourth-order valence-electron chi connectivity index (χ4n) is 4.41. The Morgan fingerprint density at radius 1 is 1.00 bits per heavy atom. The Labute approximate surface area is 202 Å². The molecule has 0 saturated carbocycles. The number of hydrogen-bond acceptors (Lipinski definition) is 5. The third kappa shape index (κ3) is 4.56. The Morgan fingerprint density at radius 2 is 1.76 bits per heavy atom. The van der Waals surface area contributed by atoms with Crippen molar-refractivity contribution in [3.05, 3.63) is 83.4 Å². The van der Waals surface area contributed by atoms with Gasteiger partial charge in [-0.05, 0) is 53.6 Å². The molecule has 0 aliphatic carbocycles. The van der Waals surface area contributed by atoms with Crippen LogP contribution in [0, 0.1) is 5.92 Å². The second-order valence-electron chi connectivity index (χ2n) is 8.65. The van der Waals surface area contributed by atoms with Crippen LogP contribution < -0.4 is 9.47 Å². The molecule has 34 heavy (non-hydrogen) atoms. The average Bonchev–Trinajstić information content (AvgIpc) is 2.81. The minimum absolute atomic E-state index is 0.0918. The normalized spacial score (nSPS) is 18.2. The third-order valence-corrected chi connectivity index (χ3v) is 6.62. The summed E-state index contributed by atoms with van der Waals surface area (Å²) in [6, 6.07) is 19.3. The highest BCUT2D eigenvalue weighted by atomic mass is 35.5. The molecule has 0 bridgehead atoms. The van der Waals surface area contributed by atoms with Crippen molar-refractivity contribution in [3.63, 3.8) is 0 Å². The van der Waals surface area contributed by atoms with E-state index in [9.17, 15) is 14.6 Å². The lowest BCUT2D eigenvalue weighted by atomic mass is 9.90. The summed E-state index contributed by atoms with van der Waals surface area (Å²) in [4.78, 5) is 2.18. The van der Waals surface area contributed by atoms with Gasteiger partial charge in [-0.3, -0.25) is 9.29 Å². The first kappa shape index (κ1) is 22.6. The first-order valence-corrected chi connectivity index (χ1v) is 11.6. The van der Waals surface area contributed by atoms with Crippen LogP contribution in [0.4, 0.5) is 4.39 Å². The molecule has 2 aliphatic heterocycles. The second kappa shape index (κ2) is 9.57. The molecule has 2 heterocycles. The first-order valence-electron chi connectivity index (χ1n) is 11.2. The number of benzene rings is 3. The van der Waals surface area contributed by atoms with Crippen molar-refractivity contribution in [1.29, 1.82) is 0 Å². The number of alkyl halides is 1. The van der Waals surface area contributed by atoms with Gasteiger partial charge < -0.3 is 19.7 Å². The molecule has 1 atom stereocenters. The van der Waals surface area contributed by atoms with Gasteiger partial charge in [0.25, 0.3) is 0 Å². The number of likely N-dealkylation sites (tertiary alicyclic amines) is 1. The van der Waals surface area contributed by atoms with Crippen LogP contribution in [0.15, 0.2) is 66.7 Å². The first-order chi connectivity index (χ1) is 16.5. The van der Waals surface area contributed by atoms with Crippen LogP contribution >= 0.6 is 11.6 Å². The van der Waals surface area contributed by atoms with Gasteiger partial charge in [0, 0.05) is 36.7 Å². The van der Waals surface area contributed by atoms with Crippen LogP contribution in [0.25, 0.3) is 10.6 Å². The van der Waals surface area contributed by atoms with Crippen molar-refractivity contribution in [2.45, 2.75) is 6.10 Å². The number of hydrogen-bond donors (Lipinski definition) is 2. The van der Waals surface area contributed by atoms with Crippen molar-refractivity contribution >= 4 is 22.2 Å². The molecule has 1 fully saturated rings. The Morgan fingerprint density at radius 3 is 2.50 bits per heavy atom. The number of nitrogens with zero attached hydrogens (tertiary/aromatic N) is 1. The molecule has 5 rings (SSSR count). The number of aromatic hydroxyl groups is 2. The highest BCUT2D eigenvalue weighted by Gasteiger charge is 2.31. The van der Waals surface area contributed by atoms with Crippen molar-refractivity contribution in [2.24, 2.45) is 5.92 Å². The average molecular weight is 482 g/mol. The molecule has 2 aliphatic rings. The fourth-order valence-corrected chi connectivity index (χ4v) is 4.77. The molecular weight excluding hydrogens is 457 g/mol. The summed E-state index contributed by atoms with van der Waals surface area (Å²) >= 11 is 6.84. The highest BCUT2D eigenvalue weighted by Crippen LogP contribution is 2.49. The van der Waals surface area contributed by atoms with Gasteiger partial charge in [0.2, 0.25) is 0 Å². The zero-order valence-corrected chi connectivity index (χ0v) is 19.2. The van der Waals surface area contributed by atoms with E-state index in [4.69, 9.17) is 21.1 Å². The van der Waals surface area contributed by atoms with Gasteiger partial charge in [-0.25, -0.2) is 0 Å². The quantitative estimate of drug-likeness (QED) is 0.458. The molecule has 0 radical (unpaired) electrons. The van der Waals surface area contributed by atoms with Crippen molar-refractivity contribution in [3.8, 4) is 23.0 Å². The number of ether oxygens (including phenoxy) is 2. The number of halogens is 2. The van der Waals surface area contributed by atoms with Crippen LogP contribution in [0.3, 0.4) is 0 Å². The van der Waals surface area contributed by atoms with E-state index in [1.807, 2.05) is 30.3 Å². The summed E-state index contributed by atoms with van der Waals surface area (Å²) in [5.74, 6) is 1.69. The van der Waals surface area contributed by atoms with Gasteiger partial charge in [0.05, 0.1) is 11.7 Å². The topological polar surface area (TPSA) is 62.2 Å².